The maximum atomic E-state index is 12.6. The molecule has 1 heterocycles. The van der Waals surface area contributed by atoms with Gasteiger partial charge in [0.25, 0.3) is 0 Å². The van der Waals surface area contributed by atoms with Crippen molar-refractivity contribution in [2.24, 2.45) is 0 Å². The number of aliphatic hydroxyl groups is 1. The number of ether oxygens (including phenoxy) is 2. The summed E-state index contributed by atoms with van der Waals surface area (Å²) in [4.78, 5) is 0.0934. The second kappa shape index (κ2) is 6.01. The van der Waals surface area contributed by atoms with Crippen LogP contribution >= 0.6 is 0 Å². The lowest BCUT2D eigenvalue weighted by Gasteiger charge is -2.23. The van der Waals surface area contributed by atoms with Crippen molar-refractivity contribution in [3.05, 3.63) is 53.6 Å². The smallest absolute Gasteiger partial charge is 0.240 e. The van der Waals surface area contributed by atoms with Crippen molar-refractivity contribution < 1.29 is 23.0 Å². The topological polar surface area (TPSA) is 84.9 Å². The molecule has 0 bridgehead atoms. The molecule has 0 unspecified atom stereocenters. The number of hydrogen-bond acceptors (Lipinski definition) is 5. The zero-order valence-electron chi connectivity index (χ0n) is 13.6. The summed E-state index contributed by atoms with van der Waals surface area (Å²) >= 11 is 0. The summed E-state index contributed by atoms with van der Waals surface area (Å²) in [5.74, 6) is 0.955. The van der Waals surface area contributed by atoms with E-state index >= 15 is 0 Å². The standard InChI is InChI=1S/C18H19NO5S/c20-18(10-13-3-1-2-4-14(13)11-18)12-19-25(21,22)15-5-6-16-17(9-15)24-8-7-23-16/h1-6,9,19-20H,7-8,10-12H2. The van der Waals surface area contributed by atoms with Crippen LogP contribution in [0.2, 0.25) is 0 Å². The van der Waals surface area contributed by atoms with E-state index in [1.54, 1.807) is 6.07 Å². The third kappa shape index (κ3) is 3.22. The van der Waals surface area contributed by atoms with Gasteiger partial charge >= 0.3 is 0 Å². The van der Waals surface area contributed by atoms with Crippen LogP contribution in [0, 0.1) is 0 Å². The summed E-state index contributed by atoms with van der Waals surface area (Å²) in [5, 5.41) is 10.7. The van der Waals surface area contributed by atoms with Crippen molar-refractivity contribution in [1.29, 1.82) is 0 Å². The van der Waals surface area contributed by atoms with Crippen LogP contribution in [0.25, 0.3) is 0 Å². The van der Waals surface area contributed by atoms with E-state index < -0.39 is 15.6 Å². The normalized spacial score (nSPS) is 18.0. The first kappa shape index (κ1) is 16.4. The van der Waals surface area contributed by atoms with Crippen LogP contribution in [0.1, 0.15) is 11.1 Å². The summed E-state index contributed by atoms with van der Waals surface area (Å²) in [6.07, 6.45) is 0.875. The quantitative estimate of drug-likeness (QED) is 0.857. The van der Waals surface area contributed by atoms with Crippen molar-refractivity contribution >= 4 is 10.0 Å². The molecule has 0 fully saturated rings. The first-order valence-corrected chi connectivity index (χ1v) is 9.62. The van der Waals surface area contributed by atoms with E-state index in [2.05, 4.69) is 4.72 Å². The molecule has 2 aromatic carbocycles. The fourth-order valence-electron chi connectivity index (χ4n) is 3.30. The minimum atomic E-state index is -3.75. The molecular weight excluding hydrogens is 342 g/mol. The van der Waals surface area contributed by atoms with Crippen molar-refractivity contribution in [3.63, 3.8) is 0 Å². The van der Waals surface area contributed by atoms with E-state index in [0.717, 1.165) is 11.1 Å². The molecule has 7 heteroatoms. The average Bonchev–Trinajstić information content (AvgIpc) is 2.96. The second-order valence-electron chi connectivity index (χ2n) is 6.48. The summed E-state index contributed by atoms with van der Waals surface area (Å²) in [7, 11) is -3.75. The van der Waals surface area contributed by atoms with Gasteiger partial charge in [-0.2, -0.15) is 0 Å². The molecule has 0 spiro atoms. The van der Waals surface area contributed by atoms with Crippen LogP contribution in [0.5, 0.6) is 11.5 Å². The summed E-state index contributed by atoms with van der Waals surface area (Å²) < 4.78 is 38.5. The molecule has 1 aliphatic carbocycles. The Morgan fingerprint density at radius 1 is 1.00 bits per heavy atom. The molecule has 6 nitrogen and oxygen atoms in total. The molecule has 0 radical (unpaired) electrons. The average molecular weight is 361 g/mol. The van der Waals surface area contributed by atoms with E-state index in [9.17, 15) is 13.5 Å². The number of rotatable bonds is 4. The highest BCUT2D eigenvalue weighted by Crippen LogP contribution is 2.33. The minimum Gasteiger partial charge on any atom is -0.486 e. The van der Waals surface area contributed by atoms with Crippen LogP contribution in [0.3, 0.4) is 0 Å². The predicted octanol–water partition coefficient (Wildman–Crippen LogP) is 1.27. The Morgan fingerprint density at radius 3 is 2.32 bits per heavy atom. The lowest BCUT2D eigenvalue weighted by Crippen LogP contribution is -2.43. The molecule has 25 heavy (non-hydrogen) atoms. The molecule has 4 rings (SSSR count). The summed E-state index contributed by atoms with van der Waals surface area (Å²) in [5.41, 5.74) is 1.01. The third-order valence-electron chi connectivity index (χ3n) is 4.57. The highest BCUT2D eigenvalue weighted by molar-refractivity contribution is 7.89. The molecule has 0 saturated carbocycles. The number of sulfonamides is 1. The minimum absolute atomic E-state index is 0.0432. The van der Waals surface area contributed by atoms with Crippen LogP contribution in [-0.2, 0) is 22.9 Å². The van der Waals surface area contributed by atoms with Gasteiger partial charge in [-0.25, -0.2) is 13.1 Å². The first-order valence-electron chi connectivity index (χ1n) is 8.14. The fraction of sp³-hybridized carbons (Fsp3) is 0.333. The zero-order valence-corrected chi connectivity index (χ0v) is 14.4. The number of hydrogen-bond donors (Lipinski definition) is 2. The van der Waals surface area contributed by atoms with Gasteiger partial charge in [-0.05, 0) is 23.3 Å². The van der Waals surface area contributed by atoms with Crippen molar-refractivity contribution in [1.82, 2.24) is 4.72 Å². The number of nitrogens with one attached hydrogen (secondary N) is 1. The van der Waals surface area contributed by atoms with Crippen LogP contribution < -0.4 is 14.2 Å². The lowest BCUT2D eigenvalue weighted by atomic mass is 10.0. The van der Waals surface area contributed by atoms with Gasteiger partial charge in [-0.1, -0.05) is 24.3 Å². The Balaban J connectivity index is 1.49. The Hall–Kier alpha value is -2.09. The molecule has 132 valence electrons. The van der Waals surface area contributed by atoms with Crippen LogP contribution in [-0.4, -0.2) is 38.9 Å². The fourth-order valence-corrected chi connectivity index (χ4v) is 4.44. The maximum absolute atomic E-state index is 12.6. The highest BCUT2D eigenvalue weighted by Gasteiger charge is 2.36. The van der Waals surface area contributed by atoms with Crippen molar-refractivity contribution in [2.45, 2.75) is 23.3 Å². The Bertz CT molecular complexity index is 884. The molecule has 0 aromatic heterocycles. The molecule has 2 N–H and O–H groups in total. The van der Waals surface area contributed by atoms with Gasteiger partial charge in [0.1, 0.15) is 13.2 Å². The lowest BCUT2D eigenvalue weighted by molar-refractivity contribution is 0.0567. The molecule has 0 saturated heterocycles. The van der Waals surface area contributed by atoms with E-state index in [0.29, 0.717) is 37.6 Å². The van der Waals surface area contributed by atoms with Gasteiger partial charge in [0, 0.05) is 25.5 Å². The molecule has 0 atom stereocenters. The molecule has 2 aromatic rings. The largest absolute Gasteiger partial charge is 0.486 e. The molecule has 1 aliphatic heterocycles. The predicted molar refractivity (Wildman–Crippen MR) is 91.4 cm³/mol. The zero-order chi connectivity index (χ0) is 17.5. The Morgan fingerprint density at radius 2 is 1.64 bits per heavy atom. The number of fused-ring (bicyclic) bond motifs is 2. The Labute approximate surface area is 146 Å². The maximum Gasteiger partial charge on any atom is 0.240 e. The summed E-state index contributed by atoms with van der Waals surface area (Å²) in [6.45, 7) is 0.797. The highest BCUT2D eigenvalue weighted by atomic mass is 32.2. The SMILES string of the molecule is O=S(=O)(NCC1(O)Cc2ccccc2C1)c1ccc2c(c1)OCCO2. The van der Waals surface area contributed by atoms with Gasteiger partial charge in [-0.15, -0.1) is 0 Å². The first-order chi connectivity index (χ1) is 12.0. The third-order valence-corrected chi connectivity index (χ3v) is 5.97. The number of benzene rings is 2. The molecule has 0 amide bonds. The van der Waals surface area contributed by atoms with E-state index in [1.165, 1.54) is 12.1 Å². The van der Waals surface area contributed by atoms with Gasteiger partial charge < -0.3 is 14.6 Å². The van der Waals surface area contributed by atoms with Crippen molar-refractivity contribution in [3.8, 4) is 11.5 Å². The van der Waals surface area contributed by atoms with Gasteiger partial charge in [-0.3, -0.25) is 0 Å². The van der Waals surface area contributed by atoms with Crippen LogP contribution in [0.15, 0.2) is 47.4 Å². The van der Waals surface area contributed by atoms with E-state index in [4.69, 9.17) is 9.47 Å². The van der Waals surface area contributed by atoms with Crippen molar-refractivity contribution in [2.75, 3.05) is 19.8 Å². The van der Waals surface area contributed by atoms with E-state index in [-0.39, 0.29) is 11.4 Å². The second-order valence-corrected chi connectivity index (χ2v) is 8.24. The monoisotopic (exact) mass is 361 g/mol. The van der Waals surface area contributed by atoms with Gasteiger partial charge in [0.05, 0.1) is 10.5 Å². The van der Waals surface area contributed by atoms with Gasteiger partial charge in [0.15, 0.2) is 11.5 Å². The Kier molecular flexibility index (Phi) is 3.94. The molecular formula is C18H19NO5S. The molecule has 2 aliphatic rings. The van der Waals surface area contributed by atoms with Crippen LogP contribution in [0.4, 0.5) is 0 Å². The summed E-state index contributed by atoms with van der Waals surface area (Å²) in [6, 6.07) is 12.3. The van der Waals surface area contributed by atoms with Gasteiger partial charge in [0.2, 0.25) is 10.0 Å². The van der Waals surface area contributed by atoms with E-state index in [1.807, 2.05) is 24.3 Å².